The van der Waals surface area contributed by atoms with Gasteiger partial charge in [-0.2, -0.15) is 4.98 Å². The standard InChI is InChI=1S/C21H19N3O4/c1-13-16-9-8-15(26-2)12-17(16)27-19(13)20(25)22-11-10-18-23-21(28-24-18)14-6-4-3-5-7-14/h3-9,12H,10-11H2,1-2H3,(H,22,25). The summed E-state index contributed by atoms with van der Waals surface area (Å²) in [5.74, 6) is 1.69. The van der Waals surface area contributed by atoms with Crippen LogP contribution in [0.4, 0.5) is 0 Å². The smallest absolute Gasteiger partial charge is 0.287 e. The van der Waals surface area contributed by atoms with E-state index in [-0.39, 0.29) is 5.91 Å². The Hall–Kier alpha value is -3.61. The number of aryl methyl sites for hydroxylation is 1. The van der Waals surface area contributed by atoms with Gasteiger partial charge in [-0.15, -0.1) is 0 Å². The number of aromatic nitrogens is 2. The molecular formula is C21H19N3O4. The molecule has 7 heteroatoms. The van der Waals surface area contributed by atoms with Crippen LogP contribution >= 0.6 is 0 Å². The molecule has 28 heavy (non-hydrogen) atoms. The van der Waals surface area contributed by atoms with E-state index in [1.807, 2.05) is 49.4 Å². The van der Waals surface area contributed by atoms with E-state index in [1.165, 1.54) is 0 Å². The van der Waals surface area contributed by atoms with Gasteiger partial charge in [0.05, 0.1) is 7.11 Å². The first-order valence-corrected chi connectivity index (χ1v) is 8.89. The lowest BCUT2D eigenvalue weighted by Gasteiger charge is -2.01. The van der Waals surface area contributed by atoms with E-state index in [9.17, 15) is 4.79 Å². The first kappa shape index (κ1) is 17.8. The Labute approximate surface area is 161 Å². The molecule has 0 atom stereocenters. The molecule has 0 saturated carbocycles. The molecule has 142 valence electrons. The number of furan rings is 1. The molecule has 2 aromatic heterocycles. The molecule has 0 unspecified atom stereocenters. The minimum atomic E-state index is -0.278. The van der Waals surface area contributed by atoms with Crippen LogP contribution < -0.4 is 10.1 Å². The lowest BCUT2D eigenvalue weighted by molar-refractivity contribution is 0.0927. The summed E-state index contributed by atoms with van der Waals surface area (Å²) in [7, 11) is 1.59. The zero-order chi connectivity index (χ0) is 19.5. The number of nitrogens with one attached hydrogen (secondary N) is 1. The molecule has 0 aliphatic carbocycles. The molecule has 2 aromatic carbocycles. The van der Waals surface area contributed by atoms with Gasteiger partial charge in [0.25, 0.3) is 11.8 Å². The van der Waals surface area contributed by atoms with Gasteiger partial charge in [0.1, 0.15) is 11.3 Å². The van der Waals surface area contributed by atoms with Crippen molar-refractivity contribution in [1.29, 1.82) is 0 Å². The van der Waals surface area contributed by atoms with Crippen LogP contribution in [0.15, 0.2) is 57.5 Å². The Morgan fingerprint density at radius 1 is 1.18 bits per heavy atom. The number of ether oxygens (including phenoxy) is 1. The summed E-state index contributed by atoms with van der Waals surface area (Å²) in [4.78, 5) is 16.9. The van der Waals surface area contributed by atoms with Gasteiger partial charge in [-0.1, -0.05) is 23.4 Å². The fraction of sp³-hybridized carbons (Fsp3) is 0.190. The Morgan fingerprint density at radius 3 is 2.79 bits per heavy atom. The third-order valence-corrected chi connectivity index (χ3v) is 4.47. The maximum absolute atomic E-state index is 12.5. The van der Waals surface area contributed by atoms with Gasteiger partial charge in [-0.3, -0.25) is 4.79 Å². The fourth-order valence-corrected chi connectivity index (χ4v) is 2.97. The Balaban J connectivity index is 1.40. The number of benzene rings is 2. The number of hydrogen-bond donors (Lipinski definition) is 1. The van der Waals surface area contributed by atoms with Crippen LogP contribution in [0.2, 0.25) is 0 Å². The Kier molecular flexibility index (Phi) is 4.80. The molecule has 4 rings (SSSR count). The minimum absolute atomic E-state index is 0.278. The number of rotatable bonds is 6. The summed E-state index contributed by atoms with van der Waals surface area (Å²) in [6.45, 7) is 2.23. The van der Waals surface area contributed by atoms with Crippen LogP contribution in [-0.4, -0.2) is 29.7 Å². The third-order valence-electron chi connectivity index (χ3n) is 4.47. The predicted octanol–water partition coefficient (Wildman–Crippen LogP) is 3.77. The van der Waals surface area contributed by atoms with Crippen molar-refractivity contribution < 1.29 is 18.5 Å². The van der Waals surface area contributed by atoms with Crippen LogP contribution in [-0.2, 0) is 6.42 Å². The molecule has 0 bridgehead atoms. The molecule has 0 saturated heterocycles. The van der Waals surface area contributed by atoms with Gasteiger partial charge in [0, 0.05) is 35.5 Å². The quantitative estimate of drug-likeness (QED) is 0.550. The average Bonchev–Trinajstić information content (AvgIpc) is 3.33. The summed E-state index contributed by atoms with van der Waals surface area (Å²) < 4.78 is 16.2. The van der Waals surface area contributed by atoms with Gasteiger partial charge in [-0.05, 0) is 31.2 Å². The number of fused-ring (bicyclic) bond motifs is 1. The summed E-state index contributed by atoms with van der Waals surface area (Å²) in [5, 5.41) is 7.69. The highest BCUT2D eigenvalue weighted by Crippen LogP contribution is 2.28. The molecule has 0 aliphatic rings. The van der Waals surface area contributed by atoms with E-state index in [4.69, 9.17) is 13.7 Å². The third kappa shape index (κ3) is 3.46. The van der Waals surface area contributed by atoms with Gasteiger partial charge in [0.15, 0.2) is 11.6 Å². The van der Waals surface area contributed by atoms with E-state index in [1.54, 1.807) is 13.2 Å². The SMILES string of the molecule is COc1ccc2c(C)c(C(=O)NCCc3noc(-c4ccccc4)n3)oc2c1. The number of nitrogens with zero attached hydrogens (tertiary/aromatic N) is 2. The minimum Gasteiger partial charge on any atom is -0.497 e. The zero-order valence-electron chi connectivity index (χ0n) is 15.6. The van der Waals surface area contributed by atoms with E-state index < -0.39 is 0 Å². The molecule has 2 heterocycles. The number of hydrogen-bond acceptors (Lipinski definition) is 6. The normalized spacial score (nSPS) is 10.9. The lowest BCUT2D eigenvalue weighted by atomic mass is 10.1. The Morgan fingerprint density at radius 2 is 2.00 bits per heavy atom. The molecular weight excluding hydrogens is 358 g/mol. The molecule has 7 nitrogen and oxygen atoms in total. The summed E-state index contributed by atoms with van der Waals surface area (Å²) >= 11 is 0. The second-order valence-corrected chi connectivity index (χ2v) is 6.31. The first-order chi connectivity index (χ1) is 13.7. The van der Waals surface area contributed by atoms with Crippen molar-refractivity contribution in [2.24, 2.45) is 0 Å². The van der Waals surface area contributed by atoms with Crippen LogP contribution in [0.5, 0.6) is 5.75 Å². The van der Waals surface area contributed by atoms with Crippen molar-refractivity contribution in [3.05, 3.63) is 65.7 Å². The van der Waals surface area contributed by atoms with Gasteiger partial charge in [0.2, 0.25) is 0 Å². The number of carbonyl (C=O) groups excluding carboxylic acids is 1. The van der Waals surface area contributed by atoms with Crippen LogP contribution in [0.1, 0.15) is 21.9 Å². The van der Waals surface area contributed by atoms with Crippen LogP contribution in [0, 0.1) is 6.92 Å². The molecule has 0 radical (unpaired) electrons. The number of carbonyl (C=O) groups is 1. The highest BCUT2D eigenvalue weighted by molar-refractivity contribution is 5.99. The van der Waals surface area contributed by atoms with E-state index in [0.717, 1.165) is 16.5 Å². The summed E-state index contributed by atoms with van der Waals surface area (Å²) in [5.41, 5.74) is 2.27. The van der Waals surface area contributed by atoms with E-state index in [0.29, 0.717) is 41.8 Å². The highest BCUT2D eigenvalue weighted by Gasteiger charge is 2.18. The Bertz CT molecular complexity index is 1120. The highest BCUT2D eigenvalue weighted by atomic mass is 16.5. The lowest BCUT2D eigenvalue weighted by Crippen LogP contribution is -2.26. The predicted molar refractivity (Wildman–Crippen MR) is 103 cm³/mol. The van der Waals surface area contributed by atoms with Gasteiger partial charge < -0.3 is 19.0 Å². The maximum atomic E-state index is 12.5. The van der Waals surface area contributed by atoms with Crippen molar-refractivity contribution in [3.63, 3.8) is 0 Å². The summed E-state index contributed by atoms with van der Waals surface area (Å²) in [6, 6.07) is 15.0. The molecule has 0 fully saturated rings. The van der Waals surface area contributed by atoms with Crippen molar-refractivity contribution in [3.8, 4) is 17.2 Å². The second-order valence-electron chi connectivity index (χ2n) is 6.31. The van der Waals surface area contributed by atoms with Gasteiger partial charge >= 0.3 is 0 Å². The maximum Gasteiger partial charge on any atom is 0.287 e. The topological polar surface area (TPSA) is 90.4 Å². The van der Waals surface area contributed by atoms with Crippen LogP contribution in [0.3, 0.4) is 0 Å². The molecule has 1 amide bonds. The van der Waals surface area contributed by atoms with Crippen molar-refractivity contribution >= 4 is 16.9 Å². The van der Waals surface area contributed by atoms with Crippen molar-refractivity contribution in [1.82, 2.24) is 15.5 Å². The molecule has 1 N–H and O–H groups in total. The van der Waals surface area contributed by atoms with E-state index >= 15 is 0 Å². The number of amides is 1. The fourth-order valence-electron chi connectivity index (χ4n) is 2.97. The molecule has 4 aromatic rings. The van der Waals surface area contributed by atoms with E-state index in [2.05, 4.69) is 15.5 Å². The van der Waals surface area contributed by atoms with Gasteiger partial charge in [-0.25, -0.2) is 0 Å². The number of methoxy groups -OCH3 is 1. The molecule has 0 spiro atoms. The average molecular weight is 377 g/mol. The van der Waals surface area contributed by atoms with Crippen molar-refractivity contribution in [2.45, 2.75) is 13.3 Å². The summed E-state index contributed by atoms with van der Waals surface area (Å²) in [6.07, 6.45) is 0.454. The monoisotopic (exact) mass is 377 g/mol. The first-order valence-electron chi connectivity index (χ1n) is 8.89. The molecule has 0 aliphatic heterocycles. The second kappa shape index (κ2) is 7.56. The zero-order valence-corrected chi connectivity index (χ0v) is 15.6. The van der Waals surface area contributed by atoms with Crippen molar-refractivity contribution in [2.75, 3.05) is 13.7 Å². The largest absolute Gasteiger partial charge is 0.497 e. The van der Waals surface area contributed by atoms with Crippen LogP contribution in [0.25, 0.3) is 22.4 Å².